The number of anilines is 1. The minimum Gasteiger partial charge on any atom is -0.395 e. The minimum atomic E-state index is -0.292. The molecule has 0 aliphatic carbocycles. The van der Waals surface area contributed by atoms with Crippen molar-refractivity contribution in [1.82, 2.24) is 14.3 Å². The fourth-order valence-corrected chi connectivity index (χ4v) is 3.97. The molecule has 0 saturated carbocycles. The summed E-state index contributed by atoms with van der Waals surface area (Å²) in [7, 11) is 0. The first-order valence-corrected chi connectivity index (χ1v) is 9.90. The van der Waals surface area contributed by atoms with Gasteiger partial charge in [0.05, 0.1) is 17.1 Å². The maximum Gasteiger partial charge on any atom is 0.267 e. The van der Waals surface area contributed by atoms with E-state index >= 15 is 0 Å². The van der Waals surface area contributed by atoms with Crippen LogP contribution in [0.1, 0.15) is 25.3 Å². The number of aliphatic hydroxyl groups is 1. The van der Waals surface area contributed by atoms with Gasteiger partial charge in [-0.3, -0.25) is 18.9 Å². The first kappa shape index (κ1) is 19.5. The summed E-state index contributed by atoms with van der Waals surface area (Å²) in [4.78, 5) is 32.1. The number of hydrogen-bond donors (Lipinski definition) is 2. The number of amides is 1. The Hall–Kier alpha value is -2.23. The number of carbonyl (C=O) groups excluding carboxylic acids is 1. The van der Waals surface area contributed by atoms with E-state index < -0.39 is 0 Å². The third-order valence-corrected chi connectivity index (χ3v) is 5.44. The van der Waals surface area contributed by atoms with Gasteiger partial charge < -0.3 is 10.4 Å². The van der Waals surface area contributed by atoms with Crippen LogP contribution >= 0.6 is 24.0 Å². The second kappa shape index (κ2) is 8.64. The van der Waals surface area contributed by atoms with Crippen molar-refractivity contribution < 1.29 is 9.90 Å². The molecule has 2 N–H and O–H groups in total. The molecule has 1 saturated heterocycles. The lowest BCUT2D eigenvalue weighted by molar-refractivity contribution is -0.122. The Morgan fingerprint density at radius 2 is 2.19 bits per heavy atom. The number of hydrogen-bond acceptors (Lipinski definition) is 7. The molecule has 2 aromatic heterocycles. The average molecular weight is 405 g/mol. The van der Waals surface area contributed by atoms with E-state index in [0.717, 1.165) is 12.8 Å². The van der Waals surface area contributed by atoms with E-state index in [1.807, 2.05) is 6.92 Å². The molecule has 0 unspecified atom stereocenters. The van der Waals surface area contributed by atoms with Gasteiger partial charge in [-0.1, -0.05) is 43.4 Å². The normalized spacial score (nSPS) is 15.9. The van der Waals surface area contributed by atoms with E-state index in [9.17, 15) is 9.59 Å². The van der Waals surface area contributed by atoms with Gasteiger partial charge in [-0.2, -0.15) is 0 Å². The van der Waals surface area contributed by atoms with Gasteiger partial charge in [0.25, 0.3) is 11.5 Å². The van der Waals surface area contributed by atoms with Crippen molar-refractivity contribution in [2.24, 2.45) is 0 Å². The van der Waals surface area contributed by atoms with Crippen molar-refractivity contribution in [3.63, 3.8) is 0 Å². The number of rotatable bonds is 7. The molecule has 9 heteroatoms. The molecule has 3 heterocycles. The summed E-state index contributed by atoms with van der Waals surface area (Å²) in [5.41, 5.74) is 0.457. The molecular formula is C18H20N4O3S2. The van der Waals surface area contributed by atoms with Crippen LogP contribution in [0.5, 0.6) is 0 Å². The number of fused-ring (bicyclic) bond motifs is 1. The molecular weight excluding hydrogens is 384 g/mol. The van der Waals surface area contributed by atoms with Crippen LogP contribution in [0.25, 0.3) is 11.7 Å². The lowest BCUT2D eigenvalue weighted by Gasteiger charge is -2.13. The monoisotopic (exact) mass is 404 g/mol. The Kier molecular flexibility index (Phi) is 6.25. The number of carbonyl (C=O) groups is 1. The second-order valence-corrected chi connectivity index (χ2v) is 7.62. The van der Waals surface area contributed by atoms with Crippen LogP contribution in [0.4, 0.5) is 5.82 Å². The molecule has 27 heavy (non-hydrogen) atoms. The molecule has 7 nitrogen and oxygen atoms in total. The van der Waals surface area contributed by atoms with Gasteiger partial charge in [0.1, 0.15) is 15.8 Å². The van der Waals surface area contributed by atoms with Crippen LogP contribution in [0.15, 0.2) is 34.1 Å². The molecule has 1 fully saturated rings. The first-order chi connectivity index (χ1) is 13.1. The number of thioether (sulfide) groups is 1. The molecule has 1 aliphatic heterocycles. The van der Waals surface area contributed by atoms with Gasteiger partial charge >= 0.3 is 0 Å². The number of unbranched alkanes of at least 4 members (excludes halogenated alkanes) is 1. The van der Waals surface area contributed by atoms with Gasteiger partial charge in [0.15, 0.2) is 0 Å². The van der Waals surface area contributed by atoms with E-state index in [-0.39, 0.29) is 30.2 Å². The summed E-state index contributed by atoms with van der Waals surface area (Å²) in [6.07, 6.45) is 4.99. The highest BCUT2D eigenvalue weighted by Gasteiger charge is 2.32. The van der Waals surface area contributed by atoms with Crippen molar-refractivity contribution in [3.05, 3.63) is 45.2 Å². The molecule has 0 radical (unpaired) electrons. The fraction of sp³-hybridized carbons (Fsp3) is 0.333. The van der Waals surface area contributed by atoms with Gasteiger partial charge in [-0.25, -0.2) is 4.98 Å². The number of thiocarbonyl (C=S) groups is 1. The zero-order valence-corrected chi connectivity index (χ0v) is 16.5. The molecule has 1 amide bonds. The summed E-state index contributed by atoms with van der Waals surface area (Å²) in [6.45, 7) is 2.76. The van der Waals surface area contributed by atoms with Crippen molar-refractivity contribution in [2.75, 3.05) is 25.0 Å². The number of aliphatic hydroxyl groups excluding tert-OH is 1. The Bertz CT molecular complexity index is 971. The van der Waals surface area contributed by atoms with E-state index in [2.05, 4.69) is 10.3 Å². The molecule has 0 atom stereocenters. The molecule has 1 aliphatic rings. The van der Waals surface area contributed by atoms with Gasteiger partial charge in [0.2, 0.25) is 0 Å². The predicted octanol–water partition coefficient (Wildman–Crippen LogP) is 2.10. The Morgan fingerprint density at radius 3 is 2.93 bits per heavy atom. The van der Waals surface area contributed by atoms with Crippen LogP contribution in [0, 0.1) is 0 Å². The molecule has 0 spiro atoms. The lowest BCUT2D eigenvalue weighted by Crippen LogP contribution is -2.29. The smallest absolute Gasteiger partial charge is 0.267 e. The van der Waals surface area contributed by atoms with Gasteiger partial charge in [0, 0.05) is 19.3 Å². The molecule has 2 aromatic rings. The van der Waals surface area contributed by atoms with E-state index in [1.165, 1.54) is 16.2 Å². The van der Waals surface area contributed by atoms with Crippen LogP contribution in [0.3, 0.4) is 0 Å². The Labute approximate surface area is 166 Å². The SMILES string of the molecule is CCCCN1C(=O)C(=Cc2c(NCCO)nc3ccccn3c2=O)SC1=S. The number of pyridine rings is 1. The average Bonchev–Trinajstić information content (AvgIpc) is 2.94. The van der Waals surface area contributed by atoms with Gasteiger partial charge in [-0.05, 0) is 24.6 Å². The highest BCUT2D eigenvalue weighted by Crippen LogP contribution is 2.33. The van der Waals surface area contributed by atoms with Crippen molar-refractivity contribution in [1.29, 1.82) is 0 Å². The lowest BCUT2D eigenvalue weighted by atomic mass is 10.2. The maximum absolute atomic E-state index is 13.0. The summed E-state index contributed by atoms with van der Waals surface area (Å²) in [6, 6.07) is 5.25. The Balaban J connectivity index is 2.06. The summed E-state index contributed by atoms with van der Waals surface area (Å²) < 4.78 is 1.92. The number of nitrogens with one attached hydrogen (secondary N) is 1. The van der Waals surface area contributed by atoms with E-state index in [0.29, 0.717) is 27.2 Å². The zero-order chi connectivity index (χ0) is 19.4. The molecule has 0 bridgehead atoms. The summed E-state index contributed by atoms with van der Waals surface area (Å²) in [5.74, 6) is 0.142. The second-order valence-electron chi connectivity index (χ2n) is 5.95. The quantitative estimate of drug-likeness (QED) is 0.540. The van der Waals surface area contributed by atoms with Crippen LogP contribution < -0.4 is 10.9 Å². The summed E-state index contributed by atoms with van der Waals surface area (Å²) >= 11 is 6.51. The molecule has 142 valence electrons. The van der Waals surface area contributed by atoms with Gasteiger partial charge in [-0.15, -0.1) is 0 Å². The van der Waals surface area contributed by atoms with Crippen LogP contribution in [-0.4, -0.2) is 49.3 Å². The zero-order valence-electron chi connectivity index (χ0n) is 14.8. The van der Waals surface area contributed by atoms with Crippen molar-refractivity contribution in [3.8, 4) is 0 Å². The van der Waals surface area contributed by atoms with E-state index in [1.54, 1.807) is 35.4 Å². The first-order valence-electron chi connectivity index (χ1n) is 8.68. The fourth-order valence-electron chi connectivity index (χ4n) is 2.68. The number of aromatic nitrogens is 2. The number of nitrogens with zero attached hydrogens (tertiary/aromatic N) is 3. The van der Waals surface area contributed by atoms with Crippen molar-refractivity contribution >= 4 is 51.7 Å². The summed E-state index contributed by atoms with van der Waals surface area (Å²) in [5, 5.41) is 12.1. The largest absolute Gasteiger partial charge is 0.395 e. The third kappa shape index (κ3) is 4.05. The topological polar surface area (TPSA) is 86.9 Å². The predicted molar refractivity (Wildman–Crippen MR) is 112 cm³/mol. The van der Waals surface area contributed by atoms with Crippen LogP contribution in [-0.2, 0) is 4.79 Å². The highest BCUT2D eigenvalue weighted by molar-refractivity contribution is 8.26. The van der Waals surface area contributed by atoms with Crippen LogP contribution in [0.2, 0.25) is 0 Å². The van der Waals surface area contributed by atoms with Crippen molar-refractivity contribution in [2.45, 2.75) is 19.8 Å². The molecule has 0 aromatic carbocycles. The standard InChI is InChI=1S/C18H20N4O3S2/c1-2-3-8-22-17(25)13(27-18(22)26)11-12-15(19-7-10-23)20-14-6-4-5-9-21(14)16(12)24/h4-6,9,11,19,23H,2-3,7-8,10H2,1H3. The highest BCUT2D eigenvalue weighted by atomic mass is 32.2. The third-order valence-electron chi connectivity index (χ3n) is 4.06. The maximum atomic E-state index is 13.0. The molecule has 3 rings (SSSR count). The van der Waals surface area contributed by atoms with E-state index in [4.69, 9.17) is 17.3 Å². The Morgan fingerprint density at radius 1 is 1.37 bits per heavy atom. The minimum absolute atomic E-state index is 0.103.